The number of carbonyl (C=O) groups is 1. The van der Waals surface area contributed by atoms with Crippen LogP contribution in [0.25, 0.3) is 10.8 Å². The van der Waals surface area contributed by atoms with E-state index in [1.807, 2.05) is 24.3 Å². The molecule has 3 aromatic carbocycles. The fraction of sp³-hybridized carbons (Fsp3) is 0.150. The first-order valence-electron chi connectivity index (χ1n) is 8.49. The third-order valence-electron chi connectivity index (χ3n) is 4.62. The van der Waals surface area contributed by atoms with Crippen molar-refractivity contribution in [2.75, 3.05) is 11.4 Å². The largest absolute Gasteiger partial charge is 0.311 e. The molecular weight excluding hydrogens is 367 g/mol. The predicted molar refractivity (Wildman–Crippen MR) is 101 cm³/mol. The molecule has 7 heteroatoms. The summed E-state index contributed by atoms with van der Waals surface area (Å²) in [6, 6.07) is 17.5. The van der Waals surface area contributed by atoms with Gasteiger partial charge in [0, 0.05) is 24.7 Å². The van der Waals surface area contributed by atoms with Crippen molar-refractivity contribution in [3.8, 4) is 0 Å². The first-order valence-corrected chi connectivity index (χ1v) is 9.98. The van der Waals surface area contributed by atoms with Crippen molar-refractivity contribution in [3.63, 3.8) is 0 Å². The lowest BCUT2D eigenvalue weighted by Crippen LogP contribution is -2.37. The lowest BCUT2D eigenvalue weighted by atomic mass is 10.1. The van der Waals surface area contributed by atoms with E-state index < -0.39 is 16.1 Å². The van der Waals surface area contributed by atoms with Crippen LogP contribution < -0.4 is 9.62 Å². The number of nitrogens with zero attached hydrogens (tertiary/aromatic N) is 1. The van der Waals surface area contributed by atoms with E-state index in [-0.39, 0.29) is 29.6 Å². The first kappa shape index (κ1) is 17.6. The van der Waals surface area contributed by atoms with Gasteiger partial charge in [-0.25, -0.2) is 17.5 Å². The van der Waals surface area contributed by atoms with E-state index in [1.54, 1.807) is 18.2 Å². The summed E-state index contributed by atoms with van der Waals surface area (Å²) < 4.78 is 41.2. The van der Waals surface area contributed by atoms with Crippen LogP contribution in [0.5, 0.6) is 0 Å². The van der Waals surface area contributed by atoms with Gasteiger partial charge in [0.15, 0.2) is 0 Å². The zero-order chi connectivity index (χ0) is 19.0. The molecule has 3 aromatic rings. The maximum absolute atomic E-state index is 13.1. The third kappa shape index (κ3) is 3.56. The van der Waals surface area contributed by atoms with Crippen LogP contribution in [-0.2, 0) is 14.8 Å². The molecule has 0 saturated carbocycles. The van der Waals surface area contributed by atoms with Gasteiger partial charge in [-0.15, -0.1) is 0 Å². The Morgan fingerprint density at radius 2 is 1.67 bits per heavy atom. The number of hydrogen-bond donors (Lipinski definition) is 1. The summed E-state index contributed by atoms with van der Waals surface area (Å²) in [5, 5.41) is 1.78. The van der Waals surface area contributed by atoms with E-state index in [1.165, 1.54) is 29.2 Å². The molecule has 1 saturated heterocycles. The van der Waals surface area contributed by atoms with Crippen LogP contribution in [0.3, 0.4) is 0 Å². The average molecular weight is 384 g/mol. The van der Waals surface area contributed by atoms with Gasteiger partial charge in [0.25, 0.3) is 0 Å². The highest BCUT2D eigenvalue weighted by Crippen LogP contribution is 2.24. The maximum Gasteiger partial charge on any atom is 0.240 e. The third-order valence-corrected chi connectivity index (χ3v) is 6.13. The summed E-state index contributed by atoms with van der Waals surface area (Å²) in [6.45, 7) is 0.206. The Labute approximate surface area is 156 Å². The number of nitrogens with one attached hydrogen (secondary N) is 1. The number of amides is 1. The molecule has 1 aliphatic rings. The van der Waals surface area contributed by atoms with Crippen LogP contribution >= 0.6 is 0 Å². The van der Waals surface area contributed by atoms with E-state index in [0.29, 0.717) is 5.69 Å². The van der Waals surface area contributed by atoms with Crippen LogP contribution in [0.1, 0.15) is 6.42 Å². The average Bonchev–Trinajstić information content (AvgIpc) is 3.01. The summed E-state index contributed by atoms with van der Waals surface area (Å²) in [7, 11) is -3.76. The molecule has 1 amide bonds. The Morgan fingerprint density at radius 3 is 2.41 bits per heavy atom. The Kier molecular flexibility index (Phi) is 4.41. The number of hydrogen-bond acceptors (Lipinski definition) is 3. The van der Waals surface area contributed by atoms with Gasteiger partial charge < -0.3 is 4.90 Å². The minimum Gasteiger partial charge on any atom is -0.311 e. The summed E-state index contributed by atoms with van der Waals surface area (Å²) >= 11 is 0. The Balaban J connectivity index is 1.54. The number of halogens is 1. The van der Waals surface area contributed by atoms with Gasteiger partial charge in [-0.2, -0.15) is 0 Å². The van der Waals surface area contributed by atoms with E-state index in [9.17, 15) is 17.6 Å². The van der Waals surface area contributed by atoms with Crippen molar-refractivity contribution < 1.29 is 17.6 Å². The smallest absolute Gasteiger partial charge is 0.240 e. The number of sulfonamides is 1. The summed E-state index contributed by atoms with van der Waals surface area (Å²) in [4.78, 5) is 13.9. The van der Waals surface area contributed by atoms with Crippen LogP contribution in [0.4, 0.5) is 10.1 Å². The number of anilines is 1. The Morgan fingerprint density at radius 1 is 0.963 bits per heavy atom. The molecule has 5 nitrogen and oxygen atoms in total. The standard InChI is InChI=1S/C20H17FN2O3S/c21-16-6-8-18(9-7-16)23-13-17(12-20(23)24)22-27(25,26)19-10-5-14-3-1-2-4-15(14)11-19/h1-11,17,22H,12-13H2/t17-/m0/s1. The van der Waals surface area contributed by atoms with Crippen LogP contribution in [-0.4, -0.2) is 26.9 Å². The molecule has 1 atom stereocenters. The first-order chi connectivity index (χ1) is 12.9. The molecular formula is C20H17FN2O3S. The molecule has 0 radical (unpaired) electrons. The molecule has 0 unspecified atom stereocenters. The van der Waals surface area contributed by atoms with E-state index in [4.69, 9.17) is 0 Å². The Bertz CT molecular complexity index is 1110. The van der Waals surface area contributed by atoms with Crippen molar-refractivity contribution in [3.05, 3.63) is 72.5 Å². The number of benzene rings is 3. The lowest BCUT2D eigenvalue weighted by Gasteiger charge is -2.17. The molecule has 1 aliphatic heterocycles. The fourth-order valence-corrected chi connectivity index (χ4v) is 4.54. The van der Waals surface area contributed by atoms with Crippen molar-refractivity contribution in [2.24, 2.45) is 0 Å². The van der Waals surface area contributed by atoms with Gasteiger partial charge >= 0.3 is 0 Å². The van der Waals surface area contributed by atoms with Crippen LogP contribution in [0.2, 0.25) is 0 Å². The normalized spacial score (nSPS) is 17.6. The molecule has 138 valence electrons. The predicted octanol–water partition coefficient (Wildman–Crippen LogP) is 3.06. The lowest BCUT2D eigenvalue weighted by molar-refractivity contribution is -0.117. The van der Waals surface area contributed by atoms with Gasteiger partial charge in [-0.1, -0.05) is 30.3 Å². The molecule has 0 bridgehead atoms. The Hall–Kier alpha value is -2.77. The molecule has 4 rings (SSSR count). The fourth-order valence-electron chi connectivity index (χ4n) is 3.28. The van der Waals surface area contributed by atoms with Crippen LogP contribution in [0, 0.1) is 5.82 Å². The molecule has 0 aromatic heterocycles. The molecule has 1 fully saturated rings. The highest BCUT2D eigenvalue weighted by molar-refractivity contribution is 7.89. The van der Waals surface area contributed by atoms with Gasteiger partial charge in [0.05, 0.1) is 4.90 Å². The number of carbonyl (C=O) groups excluding carboxylic acids is 1. The molecule has 27 heavy (non-hydrogen) atoms. The number of fused-ring (bicyclic) bond motifs is 1. The van der Waals surface area contributed by atoms with E-state index >= 15 is 0 Å². The zero-order valence-electron chi connectivity index (χ0n) is 14.3. The van der Waals surface area contributed by atoms with E-state index in [0.717, 1.165) is 10.8 Å². The van der Waals surface area contributed by atoms with Crippen molar-refractivity contribution in [2.45, 2.75) is 17.4 Å². The summed E-state index contributed by atoms with van der Waals surface area (Å²) in [6.07, 6.45) is 0.0597. The quantitative estimate of drug-likeness (QED) is 0.752. The SMILES string of the molecule is O=C1C[C@H](NS(=O)(=O)c2ccc3ccccc3c2)CN1c1ccc(F)cc1. The van der Waals surface area contributed by atoms with Crippen molar-refractivity contribution in [1.29, 1.82) is 0 Å². The second-order valence-corrected chi connectivity index (χ2v) is 8.23. The molecule has 0 aliphatic carbocycles. The number of rotatable bonds is 4. The van der Waals surface area contributed by atoms with Crippen molar-refractivity contribution in [1.82, 2.24) is 4.72 Å². The van der Waals surface area contributed by atoms with Crippen LogP contribution in [0.15, 0.2) is 71.6 Å². The molecule has 1 heterocycles. The highest BCUT2D eigenvalue weighted by Gasteiger charge is 2.33. The minimum atomic E-state index is -3.76. The van der Waals surface area contributed by atoms with Crippen molar-refractivity contribution >= 4 is 32.4 Å². The topological polar surface area (TPSA) is 66.5 Å². The second-order valence-electron chi connectivity index (χ2n) is 6.51. The minimum absolute atomic E-state index is 0.0597. The highest BCUT2D eigenvalue weighted by atomic mass is 32.2. The second kappa shape index (κ2) is 6.75. The molecule has 1 N–H and O–H groups in total. The molecule has 0 spiro atoms. The van der Waals surface area contributed by atoms with E-state index in [2.05, 4.69) is 4.72 Å². The van der Waals surface area contributed by atoms with Gasteiger partial charge in [0.2, 0.25) is 15.9 Å². The maximum atomic E-state index is 13.1. The summed E-state index contributed by atoms with van der Waals surface area (Å²) in [5.74, 6) is -0.591. The zero-order valence-corrected chi connectivity index (χ0v) is 15.1. The van der Waals surface area contributed by atoms with Gasteiger partial charge in [-0.3, -0.25) is 4.79 Å². The summed E-state index contributed by atoms with van der Waals surface area (Å²) in [5.41, 5.74) is 0.550. The van der Waals surface area contributed by atoms with Gasteiger partial charge in [0.1, 0.15) is 5.82 Å². The monoisotopic (exact) mass is 384 g/mol. The van der Waals surface area contributed by atoms with Gasteiger partial charge in [-0.05, 0) is 47.2 Å².